The van der Waals surface area contributed by atoms with Gasteiger partial charge in [0.25, 0.3) is 5.91 Å². The highest BCUT2D eigenvalue weighted by atomic mass is 19.1. The fraction of sp³-hybridized carbons (Fsp3) is 0.364. The molecule has 0 radical (unpaired) electrons. The summed E-state index contributed by atoms with van der Waals surface area (Å²) in [6.45, 7) is 0.183. The van der Waals surface area contributed by atoms with Gasteiger partial charge in [-0.2, -0.15) is 0 Å². The third-order valence-electron chi connectivity index (χ3n) is 2.21. The largest absolute Gasteiger partial charge is 0.398 e. The van der Waals surface area contributed by atoms with Crippen molar-refractivity contribution in [2.24, 2.45) is 0 Å². The van der Waals surface area contributed by atoms with Crippen molar-refractivity contribution in [3.8, 4) is 0 Å². The van der Waals surface area contributed by atoms with Crippen LogP contribution in [0.3, 0.4) is 0 Å². The van der Waals surface area contributed by atoms with Crippen molar-refractivity contribution >= 4 is 11.6 Å². The third kappa shape index (κ3) is 3.69. The number of rotatable bonds is 5. The number of halogens is 1. The summed E-state index contributed by atoms with van der Waals surface area (Å²) in [6.07, 6.45) is -0.527. The second-order valence-corrected chi connectivity index (χ2v) is 3.34. The number of amides is 1. The molecule has 1 rings (SSSR count). The minimum atomic E-state index is -0.527. The molecule has 17 heavy (non-hydrogen) atoms. The smallest absolute Gasteiger partial charge is 0.253 e. The van der Waals surface area contributed by atoms with Gasteiger partial charge in [0.05, 0.1) is 12.1 Å². The van der Waals surface area contributed by atoms with Gasteiger partial charge in [-0.25, -0.2) is 4.39 Å². The van der Waals surface area contributed by atoms with Crippen LogP contribution in [0.2, 0.25) is 0 Å². The lowest BCUT2D eigenvalue weighted by molar-refractivity contribution is -0.0974. The molecule has 0 aliphatic heterocycles. The monoisotopic (exact) mass is 242 g/mol. The second-order valence-electron chi connectivity index (χ2n) is 3.34. The molecule has 94 valence electrons. The van der Waals surface area contributed by atoms with Crippen LogP contribution in [0.5, 0.6) is 0 Å². The fourth-order valence-corrected chi connectivity index (χ4v) is 1.27. The number of carbonyl (C=O) groups is 1. The molecular formula is C11H15FN2O3. The molecule has 3 N–H and O–H groups in total. The fourth-order valence-electron chi connectivity index (χ4n) is 1.27. The predicted octanol–water partition coefficient (Wildman–Crippen LogP) is 0.757. The lowest BCUT2D eigenvalue weighted by Crippen LogP contribution is -2.34. The van der Waals surface area contributed by atoms with Gasteiger partial charge < -0.3 is 20.5 Å². The minimum absolute atomic E-state index is 0.0916. The summed E-state index contributed by atoms with van der Waals surface area (Å²) in [7, 11) is 2.93. The molecular weight excluding hydrogens is 227 g/mol. The summed E-state index contributed by atoms with van der Waals surface area (Å²) in [4.78, 5) is 11.7. The van der Waals surface area contributed by atoms with Crippen molar-refractivity contribution in [1.29, 1.82) is 0 Å². The standard InChI is InChI=1S/C11H15FN2O3/c1-16-10(17-2)6-14-11(15)8-4-3-7(12)5-9(8)13/h3-5,10H,6,13H2,1-2H3,(H,14,15). The normalized spacial score (nSPS) is 10.6. The quantitative estimate of drug-likeness (QED) is 0.590. The Kier molecular flexibility index (Phi) is 4.86. The molecule has 5 nitrogen and oxygen atoms in total. The molecule has 0 bridgehead atoms. The van der Waals surface area contributed by atoms with Gasteiger partial charge in [0, 0.05) is 19.9 Å². The van der Waals surface area contributed by atoms with Gasteiger partial charge in [-0.3, -0.25) is 4.79 Å². The zero-order valence-corrected chi connectivity index (χ0v) is 9.70. The van der Waals surface area contributed by atoms with Crippen LogP contribution in [0.25, 0.3) is 0 Å². The summed E-state index contributed by atoms with van der Waals surface area (Å²) in [5.41, 5.74) is 5.84. The molecule has 0 aliphatic carbocycles. The number of anilines is 1. The van der Waals surface area contributed by atoms with Gasteiger partial charge >= 0.3 is 0 Å². The van der Waals surface area contributed by atoms with Crippen LogP contribution in [-0.2, 0) is 9.47 Å². The molecule has 0 heterocycles. The lowest BCUT2D eigenvalue weighted by Gasteiger charge is -2.14. The predicted molar refractivity (Wildman–Crippen MR) is 61.0 cm³/mol. The third-order valence-corrected chi connectivity index (χ3v) is 2.21. The van der Waals surface area contributed by atoms with Gasteiger partial charge in [-0.15, -0.1) is 0 Å². The summed E-state index contributed by atoms with van der Waals surface area (Å²) in [6, 6.07) is 3.60. The van der Waals surface area contributed by atoms with Crippen molar-refractivity contribution < 1.29 is 18.7 Å². The first kappa shape index (κ1) is 13.4. The first-order valence-electron chi connectivity index (χ1n) is 4.97. The number of ether oxygens (including phenoxy) is 2. The van der Waals surface area contributed by atoms with Gasteiger partial charge in [-0.05, 0) is 18.2 Å². The second kappa shape index (κ2) is 6.17. The number of carbonyl (C=O) groups excluding carboxylic acids is 1. The number of nitrogen functional groups attached to an aromatic ring is 1. The molecule has 0 unspecified atom stereocenters. The van der Waals surface area contributed by atoms with Gasteiger partial charge in [-0.1, -0.05) is 0 Å². The minimum Gasteiger partial charge on any atom is -0.398 e. The van der Waals surface area contributed by atoms with Crippen molar-refractivity contribution in [3.05, 3.63) is 29.6 Å². The van der Waals surface area contributed by atoms with Crippen LogP contribution >= 0.6 is 0 Å². The first-order valence-corrected chi connectivity index (χ1v) is 4.97. The van der Waals surface area contributed by atoms with Crippen molar-refractivity contribution in [3.63, 3.8) is 0 Å². The molecule has 0 saturated carbocycles. The number of nitrogens with two attached hydrogens (primary N) is 1. The molecule has 0 fully saturated rings. The van der Waals surface area contributed by atoms with Crippen LogP contribution in [0.15, 0.2) is 18.2 Å². The zero-order valence-electron chi connectivity index (χ0n) is 9.70. The van der Waals surface area contributed by atoms with Crippen LogP contribution in [0.1, 0.15) is 10.4 Å². The van der Waals surface area contributed by atoms with Crippen molar-refractivity contribution in [2.75, 3.05) is 26.5 Å². The Balaban J connectivity index is 2.64. The maximum absolute atomic E-state index is 12.8. The van der Waals surface area contributed by atoms with E-state index in [1.54, 1.807) is 0 Å². The average molecular weight is 242 g/mol. The van der Waals surface area contributed by atoms with Crippen LogP contribution in [0, 0.1) is 5.82 Å². The van der Waals surface area contributed by atoms with Crippen molar-refractivity contribution in [2.45, 2.75) is 6.29 Å². The number of methoxy groups -OCH3 is 2. The van der Waals surface area contributed by atoms with E-state index >= 15 is 0 Å². The molecule has 0 saturated heterocycles. The molecule has 1 aromatic carbocycles. The SMILES string of the molecule is COC(CNC(=O)c1ccc(F)cc1N)OC. The number of nitrogens with one attached hydrogen (secondary N) is 1. The topological polar surface area (TPSA) is 73.6 Å². The Morgan fingerprint density at radius 3 is 2.65 bits per heavy atom. The summed E-state index contributed by atoms with van der Waals surface area (Å²) < 4.78 is 22.6. The molecule has 6 heteroatoms. The first-order chi connectivity index (χ1) is 8.08. The average Bonchev–Trinajstić information content (AvgIpc) is 2.30. The van der Waals surface area contributed by atoms with Crippen molar-refractivity contribution in [1.82, 2.24) is 5.32 Å². The molecule has 0 spiro atoms. The summed E-state index contributed by atoms with van der Waals surface area (Å²) in [5, 5.41) is 2.57. The molecule has 0 aromatic heterocycles. The van der Waals surface area contributed by atoms with E-state index in [4.69, 9.17) is 15.2 Å². The highest BCUT2D eigenvalue weighted by Gasteiger charge is 2.12. The Bertz CT molecular complexity index is 394. The van der Waals surface area contributed by atoms with E-state index < -0.39 is 18.0 Å². The molecule has 1 aromatic rings. The van der Waals surface area contributed by atoms with Gasteiger partial charge in [0.1, 0.15) is 5.82 Å². The Morgan fingerprint density at radius 1 is 1.47 bits per heavy atom. The highest BCUT2D eigenvalue weighted by Crippen LogP contribution is 2.13. The lowest BCUT2D eigenvalue weighted by atomic mass is 10.1. The van der Waals surface area contributed by atoms with E-state index in [-0.39, 0.29) is 17.8 Å². The maximum atomic E-state index is 12.8. The number of benzene rings is 1. The van der Waals surface area contributed by atoms with E-state index in [2.05, 4.69) is 5.32 Å². The van der Waals surface area contributed by atoms with E-state index in [1.807, 2.05) is 0 Å². The molecule has 0 atom stereocenters. The zero-order chi connectivity index (χ0) is 12.8. The van der Waals surface area contributed by atoms with E-state index in [0.29, 0.717) is 0 Å². The van der Waals surface area contributed by atoms with Crippen LogP contribution in [0.4, 0.5) is 10.1 Å². The van der Waals surface area contributed by atoms with Crippen LogP contribution < -0.4 is 11.1 Å². The van der Waals surface area contributed by atoms with E-state index in [1.165, 1.54) is 26.4 Å². The Labute approximate surface area is 98.7 Å². The van der Waals surface area contributed by atoms with Gasteiger partial charge in [0.15, 0.2) is 6.29 Å². The molecule has 1 amide bonds. The summed E-state index contributed by atoms with van der Waals surface area (Å²) in [5.74, 6) is -0.882. The number of hydrogen-bond donors (Lipinski definition) is 2. The van der Waals surface area contributed by atoms with E-state index in [0.717, 1.165) is 6.07 Å². The maximum Gasteiger partial charge on any atom is 0.253 e. The Hall–Kier alpha value is -1.66. The van der Waals surface area contributed by atoms with Crippen LogP contribution in [-0.4, -0.2) is 33.0 Å². The Morgan fingerprint density at radius 2 is 2.12 bits per heavy atom. The number of hydrogen-bond acceptors (Lipinski definition) is 4. The summed E-state index contributed by atoms with van der Waals surface area (Å²) >= 11 is 0. The molecule has 0 aliphatic rings. The van der Waals surface area contributed by atoms with Gasteiger partial charge in [0.2, 0.25) is 0 Å². The highest BCUT2D eigenvalue weighted by molar-refractivity contribution is 5.99. The van der Waals surface area contributed by atoms with E-state index in [9.17, 15) is 9.18 Å².